The van der Waals surface area contributed by atoms with Crippen molar-refractivity contribution in [2.24, 2.45) is 5.73 Å². The highest BCUT2D eigenvalue weighted by atomic mass is 35.5. The summed E-state index contributed by atoms with van der Waals surface area (Å²) in [6, 6.07) is 17.1. The summed E-state index contributed by atoms with van der Waals surface area (Å²) in [6.07, 6.45) is 4.42. The number of carbonyl (C=O) groups is 1. The summed E-state index contributed by atoms with van der Waals surface area (Å²) < 4.78 is 0. The number of nitrogens with zero attached hydrogens (tertiary/aromatic N) is 1. The third-order valence-electron chi connectivity index (χ3n) is 5.19. The quantitative estimate of drug-likeness (QED) is 0.765. The van der Waals surface area contributed by atoms with E-state index in [2.05, 4.69) is 28.4 Å². The molecule has 1 saturated carbocycles. The number of hydrogen-bond acceptors (Lipinski definition) is 3. The van der Waals surface area contributed by atoms with E-state index in [-0.39, 0.29) is 5.91 Å². The Bertz CT molecular complexity index is 754. The smallest absolute Gasteiger partial charge is 0.221 e. The third-order valence-corrected chi connectivity index (χ3v) is 5.43. The molecule has 1 aliphatic carbocycles. The molecule has 0 spiro atoms. The van der Waals surface area contributed by atoms with Crippen LogP contribution in [-0.4, -0.2) is 22.9 Å². The molecule has 144 valence electrons. The molecule has 5 heteroatoms. The zero-order valence-corrected chi connectivity index (χ0v) is 16.6. The van der Waals surface area contributed by atoms with Crippen molar-refractivity contribution in [3.05, 3.63) is 64.7 Å². The van der Waals surface area contributed by atoms with Crippen LogP contribution in [0.1, 0.15) is 43.7 Å². The summed E-state index contributed by atoms with van der Waals surface area (Å²) >= 11 is 6.18. The van der Waals surface area contributed by atoms with Crippen LogP contribution < -0.4 is 11.1 Å². The van der Waals surface area contributed by atoms with Crippen LogP contribution in [0.15, 0.2) is 48.5 Å². The number of nitrogens with two attached hydrogens (primary N) is 1. The van der Waals surface area contributed by atoms with Crippen molar-refractivity contribution in [3.8, 4) is 0 Å². The van der Waals surface area contributed by atoms with Gasteiger partial charge in [-0.25, -0.2) is 0 Å². The Morgan fingerprint density at radius 1 is 1.07 bits per heavy atom. The van der Waals surface area contributed by atoms with Gasteiger partial charge < -0.3 is 11.1 Å². The van der Waals surface area contributed by atoms with Gasteiger partial charge in [0.2, 0.25) is 5.91 Å². The molecule has 27 heavy (non-hydrogen) atoms. The van der Waals surface area contributed by atoms with Crippen LogP contribution in [0.4, 0.5) is 5.69 Å². The maximum absolute atomic E-state index is 11.2. The molecular formula is C22H28ClN3O. The molecule has 1 amide bonds. The minimum atomic E-state index is -0.0520. The fourth-order valence-corrected chi connectivity index (χ4v) is 3.99. The van der Waals surface area contributed by atoms with Gasteiger partial charge in [-0.15, -0.1) is 0 Å². The largest absolute Gasteiger partial charge is 0.328 e. The molecule has 0 aromatic heterocycles. The van der Waals surface area contributed by atoms with Crippen LogP contribution in [0.3, 0.4) is 0 Å². The van der Waals surface area contributed by atoms with Gasteiger partial charge in [0.05, 0.1) is 0 Å². The third kappa shape index (κ3) is 6.06. The Balaban J connectivity index is 1.73. The molecule has 2 aromatic carbocycles. The Morgan fingerprint density at radius 3 is 2.37 bits per heavy atom. The van der Waals surface area contributed by atoms with Crippen molar-refractivity contribution in [1.29, 1.82) is 0 Å². The molecule has 0 aliphatic heterocycles. The van der Waals surface area contributed by atoms with Gasteiger partial charge in [0.15, 0.2) is 0 Å². The lowest BCUT2D eigenvalue weighted by Gasteiger charge is -2.36. The van der Waals surface area contributed by atoms with E-state index in [4.69, 9.17) is 17.3 Å². The van der Waals surface area contributed by atoms with E-state index in [1.807, 2.05) is 30.3 Å². The van der Waals surface area contributed by atoms with Gasteiger partial charge in [-0.05, 0) is 61.1 Å². The highest BCUT2D eigenvalue weighted by Gasteiger charge is 2.24. The fourth-order valence-electron chi connectivity index (χ4n) is 3.78. The topological polar surface area (TPSA) is 58.4 Å². The van der Waals surface area contributed by atoms with E-state index in [0.717, 1.165) is 49.5 Å². The van der Waals surface area contributed by atoms with Crippen molar-refractivity contribution >= 4 is 23.2 Å². The number of nitrogens with one attached hydrogen (secondary N) is 1. The van der Waals surface area contributed by atoms with Gasteiger partial charge in [-0.2, -0.15) is 0 Å². The minimum Gasteiger partial charge on any atom is -0.328 e. The number of hydrogen-bond donors (Lipinski definition) is 2. The molecule has 0 bridgehead atoms. The zero-order valence-electron chi connectivity index (χ0n) is 15.8. The number of carbonyl (C=O) groups excluding carboxylic acids is 1. The van der Waals surface area contributed by atoms with Gasteiger partial charge in [0.25, 0.3) is 0 Å². The fraction of sp³-hybridized carbons (Fsp3) is 0.409. The summed E-state index contributed by atoms with van der Waals surface area (Å²) in [4.78, 5) is 13.7. The Morgan fingerprint density at radius 2 is 1.74 bits per heavy atom. The minimum absolute atomic E-state index is 0.0520. The molecule has 3 rings (SSSR count). The molecule has 0 heterocycles. The van der Waals surface area contributed by atoms with Crippen molar-refractivity contribution in [1.82, 2.24) is 4.90 Å². The summed E-state index contributed by atoms with van der Waals surface area (Å²) in [5.41, 5.74) is 9.40. The average molecular weight is 386 g/mol. The molecule has 0 unspecified atom stereocenters. The lowest BCUT2D eigenvalue weighted by atomic mass is 9.90. The maximum atomic E-state index is 11.2. The zero-order chi connectivity index (χ0) is 19.2. The first kappa shape index (κ1) is 19.9. The van der Waals surface area contributed by atoms with Gasteiger partial charge in [0.1, 0.15) is 0 Å². The lowest BCUT2D eigenvalue weighted by molar-refractivity contribution is -0.114. The normalized spacial score (nSPS) is 19.9. The van der Waals surface area contributed by atoms with E-state index in [1.54, 1.807) is 0 Å². The standard InChI is InChI=1S/C22H28ClN3O/c1-16(27)25-21-9-5-17(6-10-21)14-26(22-11-7-20(24)8-12-22)15-18-3-2-4-19(23)13-18/h2-6,9-10,13,20,22H,7-8,11-12,14-15,24H2,1H3,(H,25,27). The van der Waals surface area contributed by atoms with Crippen molar-refractivity contribution in [2.45, 2.75) is 57.8 Å². The average Bonchev–Trinajstić information content (AvgIpc) is 2.63. The lowest BCUT2D eigenvalue weighted by Crippen LogP contribution is -2.40. The van der Waals surface area contributed by atoms with E-state index in [0.29, 0.717) is 12.1 Å². The van der Waals surface area contributed by atoms with Crippen LogP contribution >= 0.6 is 11.6 Å². The molecule has 1 fully saturated rings. The van der Waals surface area contributed by atoms with Gasteiger partial charge in [0, 0.05) is 42.8 Å². The first-order valence-corrected chi connectivity index (χ1v) is 9.98. The molecular weight excluding hydrogens is 358 g/mol. The van der Waals surface area contributed by atoms with Crippen LogP contribution in [0, 0.1) is 0 Å². The summed E-state index contributed by atoms with van der Waals surface area (Å²) in [7, 11) is 0. The van der Waals surface area contributed by atoms with Crippen LogP contribution in [0.25, 0.3) is 0 Å². The first-order valence-electron chi connectivity index (χ1n) is 9.60. The van der Waals surface area contributed by atoms with Gasteiger partial charge in [-0.1, -0.05) is 35.9 Å². The Hall–Kier alpha value is -1.88. The number of anilines is 1. The Kier molecular flexibility index (Phi) is 6.89. The summed E-state index contributed by atoms with van der Waals surface area (Å²) in [6.45, 7) is 3.26. The van der Waals surface area contributed by atoms with Crippen LogP contribution in [0.2, 0.25) is 5.02 Å². The van der Waals surface area contributed by atoms with E-state index in [1.165, 1.54) is 18.1 Å². The number of benzene rings is 2. The number of amides is 1. The Labute approximate surface area is 166 Å². The van der Waals surface area contributed by atoms with Gasteiger partial charge >= 0.3 is 0 Å². The van der Waals surface area contributed by atoms with Crippen LogP contribution in [-0.2, 0) is 17.9 Å². The molecule has 1 aliphatic rings. The predicted molar refractivity (Wildman–Crippen MR) is 112 cm³/mol. The van der Waals surface area contributed by atoms with Crippen LogP contribution in [0.5, 0.6) is 0 Å². The summed E-state index contributed by atoms with van der Waals surface area (Å²) in [5.74, 6) is -0.0520. The van der Waals surface area contributed by atoms with E-state index in [9.17, 15) is 4.79 Å². The SMILES string of the molecule is CC(=O)Nc1ccc(CN(Cc2cccc(Cl)c2)C2CCC(N)CC2)cc1. The van der Waals surface area contributed by atoms with E-state index < -0.39 is 0 Å². The van der Waals surface area contributed by atoms with E-state index >= 15 is 0 Å². The molecule has 0 saturated heterocycles. The molecule has 0 atom stereocenters. The molecule has 3 N–H and O–H groups in total. The van der Waals surface area contributed by atoms with Crippen molar-refractivity contribution < 1.29 is 4.79 Å². The predicted octanol–water partition coefficient (Wildman–Crippen LogP) is 4.57. The van der Waals surface area contributed by atoms with Crippen molar-refractivity contribution in [3.63, 3.8) is 0 Å². The second-order valence-corrected chi connectivity index (χ2v) is 7.92. The second kappa shape index (κ2) is 9.36. The molecule has 0 radical (unpaired) electrons. The second-order valence-electron chi connectivity index (χ2n) is 7.48. The molecule has 2 aromatic rings. The first-order chi connectivity index (χ1) is 13.0. The maximum Gasteiger partial charge on any atom is 0.221 e. The number of halogens is 1. The van der Waals surface area contributed by atoms with Crippen molar-refractivity contribution in [2.75, 3.05) is 5.32 Å². The highest BCUT2D eigenvalue weighted by molar-refractivity contribution is 6.30. The number of rotatable bonds is 6. The monoisotopic (exact) mass is 385 g/mol. The molecule has 4 nitrogen and oxygen atoms in total. The highest BCUT2D eigenvalue weighted by Crippen LogP contribution is 2.26. The van der Waals surface area contributed by atoms with Gasteiger partial charge in [-0.3, -0.25) is 9.69 Å². The summed E-state index contributed by atoms with van der Waals surface area (Å²) in [5, 5.41) is 3.59.